The summed E-state index contributed by atoms with van der Waals surface area (Å²) in [5.41, 5.74) is 1.44. The molecule has 4 aromatic rings. The predicted octanol–water partition coefficient (Wildman–Crippen LogP) is 3.00. The van der Waals surface area contributed by atoms with Crippen molar-refractivity contribution in [3.05, 3.63) is 55.2 Å². The largest absolute Gasteiger partial charge is 0.497 e. The fourth-order valence-corrected chi connectivity index (χ4v) is 2.49. The van der Waals surface area contributed by atoms with Gasteiger partial charge in [-0.25, -0.2) is 9.97 Å². The first-order valence-corrected chi connectivity index (χ1v) is 7.79. The van der Waals surface area contributed by atoms with Gasteiger partial charge in [0.15, 0.2) is 0 Å². The molecule has 0 spiro atoms. The van der Waals surface area contributed by atoms with Gasteiger partial charge in [-0.05, 0) is 24.3 Å². The lowest BCUT2D eigenvalue weighted by molar-refractivity contribution is 0.391. The summed E-state index contributed by atoms with van der Waals surface area (Å²) in [5, 5.41) is 4.04. The number of rotatable bonds is 5. The third kappa shape index (κ3) is 2.88. The molecule has 26 heavy (non-hydrogen) atoms. The third-order valence-corrected chi connectivity index (χ3v) is 3.84. The first kappa shape index (κ1) is 15.8. The molecule has 3 heterocycles. The average Bonchev–Trinajstić information content (AvgIpc) is 3.40. The van der Waals surface area contributed by atoms with Gasteiger partial charge in [-0.2, -0.15) is 4.98 Å². The Kier molecular flexibility index (Phi) is 4.06. The van der Waals surface area contributed by atoms with Gasteiger partial charge in [0.05, 0.1) is 19.8 Å². The minimum absolute atomic E-state index is 0.359. The Morgan fingerprint density at radius 3 is 2.69 bits per heavy atom. The van der Waals surface area contributed by atoms with E-state index >= 15 is 0 Å². The van der Waals surface area contributed by atoms with Crippen LogP contribution in [-0.2, 0) is 0 Å². The first-order valence-electron chi connectivity index (χ1n) is 7.79. The fraction of sp³-hybridized carbons (Fsp3) is 0.111. The molecule has 0 aliphatic carbocycles. The molecule has 0 unspecified atom stereocenters. The molecule has 0 N–H and O–H groups in total. The number of pyridine rings is 1. The Morgan fingerprint density at radius 2 is 2.00 bits per heavy atom. The highest BCUT2D eigenvalue weighted by Gasteiger charge is 2.16. The predicted molar refractivity (Wildman–Crippen MR) is 93.2 cm³/mol. The van der Waals surface area contributed by atoms with Gasteiger partial charge in [-0.1, -0.05) is 5.16 Å². The second kappa shape index (κ2) is 6.67. The summed E-state index contributed by atoms with van der Waals surface area (Å²) in [6.07, 6.45) is 6.90. The molecule has 130 valence electrons. The summed E-state index contributed by atoms with van der Waals surface area (Å²) in [6, 6.07) is 9.13. The molecule has 0 atom stereocenters. The molecule has 0 aliphatic rings. The zero-order valence-electron chi connectivity index (χ0n) is 14.2. The second-order valence-electron chi connectivity index (χ2n) is 5.36. The lowest BCUT2D eigenvalue weighted by atomic mass is 10.2. The maximum Gasteiger partial charge on any atom is 0.262 e. The van der Waals surface area contributed by atoms with Crippen LogP contribution in [0.3, 0.4) is 0 Å². The van der Waals surface area contributed by atoms with Gasteiger partial charge in [0.1, 0.15) is 23.6 Å². The van der Waals surface area contributed by atoms with Crippen LogP contribution >= 0.6 is 0 Å². The summed E-state index contributed by atoms with van der Waals surface area (Å²) in [4.78, 5) is 12.9. The number of ether oxygens (including phenoxy) is 2. The minimum Gasteiger partial charge on any atom is -0.497 e. The zero-order valence-corrected chi connectivity index (χ0v) is 14.2. The van der Waals surface area contributed by atoms with E-state index in [-0.39, 0.29) is 0 Å². The zero-order chi connectivity index (χ0) is 17.9. The maximum atomic E-state index is 5.40. The third-order valence-electron chi connectivity index (χ3n) is 3.84. The van der Waals surface area contributed by atoms with Crippen molar-refractivity contribution in [2.45, 2.75) is 0 Å². The van der Waals surface area contributed by atoms with E-state index in [1.807, 2.05) is 35.0 Å². The van der Waals surface area contributed by atoms with Gasteiger partial charge < -0.3 is 14.0 Å². The molecule has 0 fully saturated rings. The number of hydrogen-bond donors (Lipinski definition) is 0. The lowest BCUT2D eigenvalue weighted by Crippen LogP contribution is -1.94. The molecule has 1 aromatic carbocycles. The van der Waals surface area contributed by atoms with Crippen molar-refractivity contribution < 1.29 is 14.0 Å². The molecular formula is C18H15N5O3. The Labute approximate surface area is 149 Å². The normalized spacial score (nSPS) is 10.7. The van der Waals surface area contributed by atoms with Gasteiger partial charge >= 0.3 is 0 Å². The number of hydrogen-bond acceptors (Lipinski definition) is 7. The summed E-state index contributed by atoms with van der Waals surface area (Å²) >= 11 is 0. The second-order valence-corrected chi connectivity index (χ2v) is 5.36. The number of nitrogens with zero attached hydrogens (tertiary/aromatic N) is 5. The van der Waals surface area contributed by atoms with E-state index < -0.39 is 0 Å². The summed E-state index contributed by atoms with van der Waals surface area (Å²) in [6.45, 7) is 0. The van der Waals surface area contributed by atoms with Gasteiger partial charge in [0.2, 0.25) is 5.82 Å². The summed E-state index contributed by atoms with van der Waals surface area (Å²) < 4.78 is 17.8. The molecule has 4 rings (SSSR count). The van der Waals surface area contributed by atoms with Crippen molar-refractivity contribution in [2.75, 3.05) is 14.2 Å². The molecule has 0 aliphatic heterocycles. The lowest BCUT2D eigenvalue weighted by Gasteiger charge is -2.06. The standard InChI is InChI=1S/C18H15N5O3/c1-24-13-4-5-14(15(9-13)25-2)18-21-17(22-26-18)12-3-6-16(20-10-12)23-8-7-19-11-23/h3-11H,1-2H3. The highest BCUT2D eigenvalue weighted by atomic mass is 16.5. The van der Waals surface area contributed by atoms with Crippen LogP contribution in [0.1, 0.15) is 0 Å². The highest BCUT2D eigenvalue weighted by molar-refractivity contribution is 5.66. The van der Waals surface area contributed by atoms with Crippen molar-refractivity contribution in [1.82, 2.24) is 24.7 Å². The van der Waals surface area contributed by atoms with E-state index in [0.29, 0.717) is 28.8 Å². The number of imidazole rings is 1. The molecule has 0 bridgehead atoms. The first-order chi connectivity index (χ1) is 12.8. The van der Waals surface area contributed by atoms with Gasteiger partial charge in [-0.15, -0.1) is 0 Å². The average molecular weight is 349 g/mol. The summed E-state index contributed by atoms with van der Waals surface area (Å²) in [7, 11) is 3.17. The smallest absolute Gasteiger partial charge is 0.262 e. The van der Waals surface area contributed by atoms with E-state index in [9.17, 15) is 0 Å². The Balaban J connectivity index is 1.64. The van der Waals surface area contributed by atoms with Gasteiger partial charge in [-0.3, -0.25) is 4.57 Å². The molecule has 8 heteroatoms. The number of methoxy groups -OCH3 is 2. The van der Waals surface area contributed by atoms with E-state index in [1.54, 1.807) is 39.0 Å². The van der Waals surface area contributed by atoms with Gasteiger partial charge in [0.25, 0.3) is 5.89 Å². The van der Waals surface area contributed by atoms with Crippen LogP contribution in [0.2, 0.25) is 0 Å². The van der Waals surface area contributed by atoms with Crippen LogP contribution in [0.15, 0.2) is 59.8 Å². The molecule has 8 nitrogen and oxygen atoms in total. The number of benzene rings is 1. The molecule has 3 aromatic heterocycles. The van der Waals surface area contributed by atoms with Gasteiger partial charge in [0, 0.05) is 30.2 Å². The van der Waals surface area contributed by atoms with Crippen molar-refractivity contribution in [3.8, 4) is 40.2 Å². The van der Waals surface area contributed by atoms with Crippen molar-refractivity contribution in [2.24, 2.45) is 0 Å². The Morgan fingerprint density at radius 1 is 1.08 bits per heavy atom. The highest BCUT2D eigenvalue weighted by Crippen LogP contribution is 2.33. The minimum atomic E-state index is 0.359. The summed E-state index contributed by atoms with van der Waals surface area (Å²) in [5.74, 6) is 2.84. The maximum absolute atomic E-state index is 5.40. The number of aromatic nitrogens is 5. The molecular weight excluding hydrogens is 334 g/mol. The fourth-order valence-electron chi connectivity index (χ4n) is 2.49. The monoisotopic (exact) mass is 349 g/mol. The molecule has 0 saturated heterocycles. The van der Waals surface area contributed by atoms with Crippen LogP contribution in [0.25, 0.3) is 28.7 Å². The van der Waals surface area contributed by atoms with Crippen LogP contribution in [0.5, 0.6) is 11.5 Å². The Hall–Kier alpha value is -3.68. The van der Waals surface area contributed by atoms with Crippen LogP contribution in [0.4, 0.5) is 0 Å². The van der Waals surface area contributed by atoms with E-state index in [0.717, 1.165) is 11.4 Å². The SMILES string of the molecule is COc1ccc(-c2nc(-c3ccc(-n4ccnc4)nc3)no2)c(OC)c1. The van der Waals surface area contributed by atoms with Crippen LogP contribution in [-0.4, -0.2) is 38.9 Å². The van der Waals surface area contributed by atoms with E-state index in [2.05, 4.69) is 20.1 Å². The van der Waals surface area contributed by atoms with Crippen LogP contribution < -0.4 is 9.47 Å². The van der Waals surface area contributed by atoms with Crippen LogP contribution in [0, 0.1) is 0 Å². The topological polar surface area (TPSA) is 88.1 Å². The van der Waals surface area contributed by atoms with Crippen molar-refractivity contribution >= 4 is 0 Å². The van der Waals surface area contributed by atoms with Crippen molar-refractivity contribution in [3.63, 3.8) is 0 Å². The Bertz CT molecular complexity index is 1010. The molecule has 0 amide bonds. The van der Waals surface area contributed by atoms with Crippen molar-refractivity contribution in [1.29, 1.82) is 0 Å². The van der Waals surface area contributed by atoms with E-state index in [4.69, 9.17) is 14.0 Å². The molecule has 0 radical (unpaired) electrons. The quantitative estimate of drug-likeness (QED) is 0.547. The molecule has 0 saturated carbocycles. The van der Waals surface area contributed by atoms with E-state index in [1.165, 1.54) is 0 Å².